The SMILES string of the molecule is CC/C=C\C/C=C\C/C=C\C/C=C\C/C=C\CCCC(=O)NCCOP(=O)(O)OCC(O)COC(=O)CC. The molecular formula is C28H46NO8P. The second-order valence-electron chi connectivity index (χ2n) is 8.24. The van der Waals surface area contributed by atoms with Gasteiger partial charge in [-0.2, -0.15) is 0 Å². The van der Waals surface area contributed by atoms with E-state index in [1.807, 2.05) is 6.08 Å². The van der Waals surface area contributed by atoms with Crippen molar-refractivity contribution in [3.63, 3.8) is 0 Å². The molecule has 0 heterocycles. The van der Waals surface area contributed by atoms with Crippen LogP contribution in [0.25, 0.3) is 0 Å². The Morgan fingerprint density at radius 3 is 1.95 bits per heavy atom. The van der Waals surface area contributed by atoms with Crippen LogP contribution in [0, 0.1) is 0 Å². The number of unbranched alkanes of at least 4 members (excludes halogenated alkanes) is 1. The van der Waals surface area contributed by atoms with E-state index < -0.39 is 26.5 Å². The van der Waals surface area contributed by atoms with E-state index in [1.54, 1.807) is 6.92 Å². The minimum Gasteiger partial charge on any atom is -0.463 e. The molecule has 0 bridgehead atoms. The molecule has 0 saturated heterocycles. The van der Waals surface area contributed by atoms with Gasteiger partial charge in [-0.1, -0.05) is 74.6 Å². The standard InChI is InChI=1S/C28H46NO8P/c1-3-5-6-7-8-9-10-11-12-13-14-15-16-17-18-19-20-21-27(31)29-22-23-36-38(33,34)37-25-26(30)24-35-28(32)4-2/h5-6,8-9,11-12,14-15,17-18,26,30H,3-4,7,10,13,16,19-25H2,1-2H3,(H,29,31)(H,33,34)/b6-5-,9-8-,12-11-,15-14-,18-17-. The molecule has 2 atom stereocenters. The molecule has 0 spiro atoms. The van der Waals surface area contributed by atoms with Crippen LogP contribution in [0.15, 0.2) is 60.8 Å². The third kappa shape index (κ3) is 25.4. The molecule has 0 radical (unpaired) electrons. The molecule has 0 fully saturated rings. The number of hydrogen-bond acceptors (Lipinski definition) is 7. The molecule has 0 aliphatic rings. The Labute approximate surface area is 227 Å². The van der Waals surface area contributed by atoms with Gasteiger partial charge in [0.2, 0.25) is 5.91 Å². The Morgan fingerprint density at radius 1 is 0.842 bits per heavy atom. The summed E-state index contributed by atoms with van der Waals surface area (Å²) in [4.78, 5) is 32.4. The number of rotatable bonds is 23. The van der Waals surface area contributed by atoms with E-state index in [9.17, 15) is 24.2 Å². The highest BCUT2D eigenvalue weighted by Gasteiger charge is 2.23. The van der Waals surface area contributed by atoms with E-state index >= 15 is 0 Å². The van der Waals surface area contributed by atoms with E-state index in [2.05, 4.69) is 71.4 Å². The average Bonchev–Trinajstić information content (AvgIpc) is 2.90. The summed E-state index contributed by atoms with van der Waals surface area (Å²) in [5.41, 5.74) is 0. The molecule has 216 valence electrons. The maximum Gasteiger partial charge on any atom is 0.472 e. The summed E-state index contributed by atoms with van der Waals surface area (Å²) in [7, 11) is -4.39. The van der Waals surface area contributed by atoms with Crippen LogP contribution in [0.3, 0.4) is 0 Å². The Morgan fingerprint density at radius 2 is 1.39 bits per heavy atom. The number of carbonyl (C=O) groups excluding carboxylic acids is 2. The van der Waals surface area contributed by atoms with E-state index in [4.69, 9.17) is 9.26 Å². The van der Waals surface area contributed by atoms with Crippen molar-refractivity contribution in [1.82, 2.24) is 5.32 Å². The number of aliphatic hydroxyl groups excluding tert-OH is 1. The summed E-state index contributed by atoms with van der Waals surface area (Å²) in [6, 6.07) is 0. The van der Waals surface area contributed by atoms with Gasteiger partial charge in [0, 0.05) is 19.4 Å². The fraction of sp³-hybridized carbons (Fsp3) is 0.571. The number of phosphoric acid groups is 1. The highest BCUT2D eigenvalue weighted by molar-refractivity contribution is 7.47. The van der Waals surface area contributed by atoms with Crippen molar-refractivity contribution in [1.29, 1.82) is 0 Å². The molecule has 9 nitrogen and oxygen atoms in total. The number of nitrogens with one attached hydrogen (secondary N) is 1. The molecule has 38 heavy (non-hydrogen) atoms. The first kappa shape index (κ1) is 35.7. The van der Waals surface area contributed by atoms with Crippen LogP contribution >= 0.6 is 7.82 Å². The lowest BCUT2D eigenvalue weighted by Crippen LogP contribution is -2.27. The maximum absolute atomic E-state index is 11.8. The summed E-state index contributed by atoms with van der Waals surface area (Å²) in [6.45, 7) is 2.67. The number of aliphatic hydroxyl groups is 1. The average molecular weight is 556 g/mol. The first-order valence-electron chi connectivity index (χ1n) is 13.3. The number of allylic oxidation sites excluding steroid dienone is 10. The molecule has 0 rings (SSSR count). The Balaban J connectivity index is 3.74. The van der Waals surface area contributed by atoms with Crippen molar-refractivity contribution in [2.45, 2.75) is 77.7 Å². The van der Waals surface area contributed by atoms with Crippen LogP contribution in [-0.2, 0) is 27.9 Å². The molecule has 0 aliphatic heterocycles. The lowest BCUT2D eigenvalue weighted by molar-refractivity contribution is -0.146. The zero-order chi connectivity index (χ0) is 28.3. The normalized spacial score (nSPS) is 14.7. The molecule has 2 unspecified atom stereocenters. The number of esters is 1. The van der Waals surface area contributed by atoms with Crippen molar-refractivity contribution in [3.05, 3.63) is 60.8 Å². The molecule has 0 aromatic carbocycles. The van der Waals surface area contributed by atoms with Crippen molar-refractivity contribution in [3.8, 4) is 0 Å². The van der Waals surface area contributed by atoms with Gasteiger partial charge in [-0.25, -0.2) is 4.57 Å². The monoisotopic (exact) mass is 555 g/mol. The lowest BCUT2D eigenvalue weighted by atomic mass is 10.2. The zero-order valence-electron chi connectivity index (χ0n) is 22.8. The van der Waals surface area contributed by atoms with Crippen molar-refractivity contribution >= 4 is 19.7 Å². The maximum atomic E-state index is 11.8. The van der Waals surface area contributed by atoms with Gasteiger partial charge in [0.1, 0.15) is 12.7 Å². The summed E-state index contributed by atoms with van der Waals surface area (Å²) in [5, 5.41) is 12.2. The van der Waals surface area contributed by atoms with Crippen LogP contribution in [0.5, 0.6) is 0 Å². The lowest BCUT2D eigenvalue weighted by Gasteiger charge is -2.15. The second-order valence-corrected chi connectivity index (χ2v) is 9.69. The third-order valence-electron chi connectivity index (χ3n) is 4.77. The summed E-state index contributed by atoms with van der Waals surface area (Å²) in [6.07, 6.45) is 26.9. The molecule has 3 N–H and O–H groups in total. The minimum absolute atomic E-state index is 0.0467. The van der Waals surface area contributed by atoms with Gasteiger partial charge in [0.05, 0.1) is 13.2 Å². The molecule has 1 amide bonds. The largest absolute Gasteiger partial charge is 0.472 e. The summed E-state index contributed by atoms with van der Waals surface area (Å²) >= 11 is 0. The third-order valence-corrected chi connectivity index (χ3v) is 5.75. The topological polar surface area (TPSA) is 131 Å². The van der Waals surface area contributed by atoms with E-state index in [0.717, 1.165) is 38.5 Å². The van der Waals surface area contributed by atoms with Gasteiger partial charge in [0.15, 0.2) is 0 Å². The first-order valence-corrected chi connectivity index (χ1v) is 14.8. The molecular weight excluding hydrogens is 509 g/mol. The quantitative estimate of drug-likeness (QED) is 0.0655. The van der Waals surface area contributed by atoms with Crippen LogP contribution < -0.4 is 5.32 Å². The number of carbonyl (C=O) groups is 2. The minimum atomic E-state index is -4.39. The van der Waals surface area contributed by atoms with Gasteiger partial charge >= 0.3 is 13.8 Å². The Hall–Kier alpha value is -2.29. The predicted octanol–water partition coefficient (Wildman–Crippen LogP) is 5.47. The van der Waals surface area contributed by atoms with Crippen molar-refractivity contribution < 1.29 is 37.9 Å². The number of hydrogen-bond donors (Lipinski definition) is 3. The first-order chi connectivity index (χ1) is 18.3. The number of phosphoric ester groups is 1. The number of amides is 1. The zero-order valence-corrected chi connectivity index (χ0v) is 23.7. The smallest absolute Gasteiger partial charge is 0.463 e. The Bertz CT molecular complexity index is 820. The second kappa shape index (κ2) is 25.0. The number of ether oxygens (including phenoxy) is 1. The van der Waals surface area contributed by atoms with Crippen LogP contribution in [0.2, 0.25) is 0 Å². The van der Waals surface area contributed by atoms with E-state index in [-0.39, 0.29) is 32.1 Å². The highest BCUT2D eigenvalue weighted by Crippen LogP contribution is 2.42. The van der Waals surface area contributed by atoms with Crippen LogP contribution in [-0.4, -0.2) is 54.3 Å². The van der Waals surface area contributed by atoms with Gasteiger partial charge < -0.3 is 20.1 Å². The molecule has 0 aromatic rings. The van der Waals surface area contributed by atoms with Crippen LogP contribution in [0.4, 0.5) is 0 Å². The summed E-state index contributed by atoms with van der Waals surface area (Å²) in [5.74, 6) is -0.677. The fourth-order valence-corrected chi connectivity index (χ4v) is 3.50. The van der Waals surface area contributed by atoms with E-state index in [0.29, 0.717) is 12.8 Å². The van der Waals surface area contributed by atoms with Gasteiger partial charge in [0.25, 0.3) is 0 Å². The van der Waals surface area contributed by atoms with Gasteiger partial charge in [-0.05, 0) is 44.9 Å². The molecule has 10 heteroatoms. The molecule has 0 aliphatic carbocycles. The summed E-state index contributed by atoms with van der Waals surface area (Å²) < 4.78 is 25.9. The van der Waals surface area contributed by atoms with Gasteiger partial charge in [-0.15, -0.1) is 0 Å². The predicted molar refractivity (Wildman–Crippen MR) is 150 cm³/mol. The van der Waals surface area contributed by atoms with Gasteiger partial charge in [-0.3, -0.25) is 18.6 Å². The van der Waals surface area contributed by atoms with Crippen LogP contribution in [0.1, 0.15) is 71.6 Å². The Kier molecular flexibility index (Phi) is 23.5. The molecule has 0 aromatic heterocycles. The highest BCUT2D eigenvalue weighted by atomic mass is 31.2. The van der Waals surface area contributed by atoms with E-state index in [1.165, 1.54) is 0 Å². The van der Waals surface area contributed by atoms with Crippen molar-refractivity contribution in [2.24, 2.45) is 0 Å². The van der Waals surface area contributed by atoms with Crippen molar-refractivity contribution in [2.75, 3.05) is 26.4 Å². The molecule has 0 saturated carbocycles. The fourth-order valence-electron chi connectivity index (χ4n) is 2.75.